The highest BCUT2D eigenvalue weighted by atomic mass is 35.5. The number of aromatic amines is 1. The van der Waals surface area contributed by atoms with Crippen molar-refractivity contribution in [2.45, 2.75) is 0 Å². The number of para-hydroxylation sites is 1. The monoisotopic (exact) mass is 396 g/mol. The predicted octanol–water partition coefficient (Wildman–Crippen LogP) is 3.23. The molecule has 1 aromatic heterocycles. The summed E-state index contributed by atoms with van der Waals surface area (Å²) in [6, 6.07) is 13.6. The fraction of sp³-hybridized carbons (Fsp3) is 0.0952. The predicted molar refractivity (Wildman–Crippen MR) is 111 cm³/mol. The van der Waals surface area contributed by atoms with E-state index in [0.717, 1.165) is 0 Å². The number of benzene rings is 2. The zero-order valence-corrected chi connectivity index (χ0v) is 16.0. The third-order valence-corrected chi connectivity index (χ3v) is 4.48. The number of anilines is 1. The van der Waals surface area contributed by atoms with E-state index in [2.05, 4.69) is 4.98 Å². The van der Waals surface area contributed by atoms with Crippen LogP contribution in [0, 0.1) is 0 Å². The van der Waals surface area contributed by atoms with Gasteiger partial charge in [0.05, 0.1) is 18.2 Å². The molecule has 0 radical (unpaired) electrons. The number of halogens is 1. The Bertz CT molecular complexity index is 1190. The van der Waals surface area contributed by atoms with Crippen LogP contribution in [0.1, 0.15) is 5.56 Å². The van der Waals surface area contributed by atoms with Crippen molar-refractivity contribution in [1.82, 2.24) is 4.98 Å². The molecule has 0 saturated heterocycles. The number of methoxy groups -OCH3 is 1. The van der Waals surface area contributed by atoms with Gasteiger partial charge in [-0.05, 0) is 36.4 Å². The van der Waals surface area contributed by atoms with Crippen LogP contribution >= 0.6 is 11.6 Å². The van der Waals surface area contributed by atoms with Crippen molar-refractivity contribution in [3.8, 4) is 5.75 Å². The number of H-pyrrole nitrogens is 1. The zero-order valence-electron chi connectivity index (χ0n) is 15.2. The first-order valence-corrected chi connectivity index (χ1v) is 8.75. The van der Waals surface area contributed by atoms with Crippen LogP contribution in [0.3, 0.4) is 0 Å². The van der Waals surface area contributed by atoms with Gasteiger partial charge < -0.3 is 14.6 Å². The van der Waals surface area contributed by atoms with Gasteiger partial charge in [-0.25, -0.2) is 0 Å². The summed E-state index contributed by atoms with van der Waals surface area (Å²) in [5.74, 6) is -0.535. The van der Waals surface area contributed by atoms with E-state index in [1.54, 1.807) is 25.2 Å². The van der Waals surface area contributed by atoms with E-state index in [0.29, 0.717) is 10.7 Å². The minimum absolute atomic E-state index is 0.0177. The van der Waals surface area contributed by atoms with E-state index in [1.807, 2.05) is 18.2 Å². The van der Waals surface area contributed by atoms with Crippen molar-refractivity contribution in [3.63, 3.8) is 0 Å². The molecule has 0 saturated carbocycles. The molecule has 0 spiro atoms. The van der Waals surface area contributed by atoms with E-state index in [-0.39, 0.29) is 28.1 Å². The molecule has 1 amide bonds. The number of carbonyl (C=O) groups excluding carboxylic acids is 1. The molecule has 0 fully saturated rings. The molecule has 1 N–H and O–H groups in total. The van der Waals surface area contributed by atoms with Crippen LogP contribution < -0.4 is 20.6 Å². The molecule has 3 aromatic rings. The van der Waals surface area contributed by atoms with Gasteiger partial charge in [-0.3, -0.25) is 14.4 Å². The molecule has 2 aromatic carbocycles. The quantitative estimate of drug-likeness (QED) is 0.687. The van der Waals surface area contributed by atoms with Gasteiger partial charge in [0.2, 0.25) is 0 Å². The van der Waals surface area contributed by atoms with Crippen molar-refractivity contribution >= 4 is 40.2 Å². The maximum atomic E-state index is 13.0. The molecule has 6 nitrogen and oxygen atoms in total. The molecular weight excluding hydrogens is 380 g/mol. The maximum absolute atomic E-state index is 13.0. The molecule has 0 aliphatic rings. The van der Waals surface area contributed by atoms with Crippen molar-refractivity contribution in [2.75, 3.05) is 19.1 Å². The number of aromatic nitrogens is 1. The summed E-state index contributed by atoms with van der Waals surface area (Å²) in [6.07, 6.45) is 2.53. The topological polar surface area (TPSA) is 79.5 Å². The third-order valence-electron chi connectivity index (χ3n) is 4.24. The van der Waals surface area contributed by atoms with E-state index < -0.39 is 11.0 Å². The number of hydrogen-bond acceptors (Lipinski definition) is 4. The average Bonchev–Trinajstić information content (AvgIpc) is 2.79. The Balaban J connectivity index is 2.12. The zero-order chi connectivity index (χ0) is 20.3. The van der Waals surface area contributed by atoms with Gasteiger partial charge in [0, 0.05) is 29.2 Å². The summed E-state index contributed by atoms with van der Waals surface area (Å²) in [6.45, 7) is 0. The number of ether oxygens (including phenoxy) is 1. The molecule has 3 rings (SSSR count). The second kappa shape index (κ2) is 8.10. The number of amides is 1. The van der Waals surface area contributed by atoms with E-state index in [9.17, 15) is 14.4 Å². The standard InChI is InChI=1S/C21H17ClN2O4/c1-24(14-6-4-3-5-7-14)18(25)11-10-16-19(26)15-9-8-13(22)12-17(15)23-21(27)20(16)28-2/h3-12H,1-2H3,(H,23,27)/b11-10+. The molecule has 0 aliphatic carbocycles. The van der Waals surface area contributed by atoms with Crippen molar-refractivity contribution in [1.29, 1.82) is 0 Å². The normalized spacial score (nSPS) is 11.0. The van der Waals surface area contributed by atoms with Crippen molar-refractivity contribution in [3.05, 3.63) is 85.8 Å². The summed E-state index contributed by atoms with van der Waals surface area (Å²) in [4.78, 5) is 41.9. The number of fused-ring (bicyclic) bond motifs is 1. The third kappa shape index (κ3) is 3.82. The average molecular weight is 397 g/mol. The lowest BCUT2D eigenvalue weighted by Gasteiger charge is -2.14. The van der Waals surface area contributed by atoms with Crippen LogP contribution in [0.15, 0.2) is 64.2 Å². The number of rotatable bonds is 4. The molecule has 0 bridgehead atoms. The lowest BCUT2D eigenvalue weighted by atomic mass is 10.1. The number of likely N-dealkylation sites (N-methyl/N-ethyl adjacent to an activating group) is 1. The van der Waals surface area contributed by atoms with Crippen LogP contribution in [-0.2, 0) is 4.79 Å². The van der Waals surface area contributed by atoms with Crippen LogP contribution in [0.25, 0.3) is 17.0 Å². The minimum atomic E-state index is -0.597. The second-order valence-electron chi connectivity index (χ2n) is 5.99. The highest BCUT2D eigenvalue weighted by molar-refractivity contribution is 6.31. The smallest absolute Gasteiger partial charge is 0.291 e. The van der Waals surface area contributed by atoms with Gasteiger partial charge in [0.1, 0.15) is 0 Å². The minimum Gasteiger partial charge on any atom is -0.491 e. The molecule has 28 heavy (non-hydrogen) atoms. The summed E-state index contributed by atoms with van der Waals surface area (Å²) in [7, 11) is 2.91. The van der Waals surface area contributed by atoms with Gasteiger partial charge in [-0.2, -0.15) is 0 Å². The van der Waals surface area contributed by atoms with E-state index in [4.69, 9.17) is 16.3 Å². The van der Waals surface area contributed by atoms with Crippen LogP contribution in [-0.4, -0.2) is 25.0 Å². The maximum Gasteiger partial charge on any atom is 0.291 e. The van der Waals surface area contributed by atoms with Gasteiger partial charge in [0.25, 0.3) is 11.5 Å². The molecule has 0 atom stereocenters. The Morgan fingerprint density at radius 2 is 1.86 bits per heavy atom. The van der Waals surface area contributed by atoms with Crippen molar-refractivity contribution < 1.29 is 9.53 Å². The molecule has 1 heterocycles. The lowest BCUT2D eigenvalue weighted by molar-refractivity contribution is -0.113. The Morgan fingerprint density at radius 1 is 1.14 bits per heavy atom. The first-order chi connectivity index (χ1) is 13.4. The highest BCUT2D eigenvalue weighted by Gasteiger charge is 2.14. The molecule has 0 aliphatic heterocycles. The number of nitrogens with zero attached hydrogens (tertiary/aromatic N) is 1. The van der Waals surface area contributed by atoms with Gasteiger partial charge in [-0.15, -0.1) is 0 Å². The molecular formula is C21H17ClN2O4. The number of nitrogens with one attached hydrogen (secondary N) is 1. The van der Waals surface area contributed by atoms with E-state index >= 15 is 0 Å². The summed E-state index contributed by atoms with van der Waals surface area (Å²) < 4.78 is 5.14. The summed E-state index contributed by atoms with van der Waals surface area (Å²) >= 11 is 5.96. The molecule has 7 heteroatoms. The summed E-state index contributed by atoms with van der Waals surface area (Å²) in [5, 5.41) is 0.637. The molecule has 142 valence electrons. The van der Waals surface area contributed by atoms with E-state index in [1.165, 1.54) is 36.3 Å². The molecule has 0 unspecified atom stereocenters. The van der Waals surface area contributed by atoms with Gasteiger partial charge >= 0.3 is 0 Å². The number of hydrogen-bond donors (Lipinski definition) is 1. The number of carbonyl (C=O) groups is 1. The fourth-order valence-corrected chi connectivity index (χ4v) is 2.94. The highest BCUT2D eigenvalue weighted by Crippen LogP contribution is 2.18. The SMILES string of the molecule is COc1c(/C=C/C(=O)N(C)c2ccccc2)c(=O)c2ccc(Cl)cc2[nH]c1=O. The summed E-state index contributed by atoms with van der Waals surface area (Å²) in [5.41, 5.74) is -0.0826. The Labute approximate surface area is 165 Å². The Morgan fingerprint density at radius 3 is 2.54 bits per heavy atom. The lowest BCUT2D eigenvalue weighted by Crippen LogP contribution is -2.24. The van der Waals surface area contributed by atoms with Crippen molar-refractivity contribution in [2.24, 2.45) is 0 Å². The van der Waals surface area contributed by atoms with Gasteiger partial charge in [0.15, 0.2) is 11.2 Å². The van der Waals surface area contributed by atoms with Crippen LogP contribution in [0.4, 0.5) is 5.69 Å². The largest absolute Gasteiger partial charge is 0.491 e. The first-order valence-electron chi connectivity index (χ1n) is 8.37. The fourth-order valence-electron chi connectivity index (χ4n) is 2.77. The second-order valence-corrected chi connectivity index (χ2v) is 6.42. The Hall–Kier alpha value is -3.38. The Kier molecular flexibility index (Phi) is 5.61. The first kappa shape index (κ1) is 19.4. The van der Waals surface area contributed by atoms with Crippen LogP contribution in [0.2, 0.25) is 5.02 Å². The van der Waals surface area contributed by atoms with Crippen LogP contribution in [0.5, 0.6) is 5.75 Å². The van der Waals surface area contributed by atoms with Gasteiger partial charge in [-0.1, -0.05) is 29.8 Å².